The molecule has 2 aromatic rings. The van der Waals surface area contributed by atoms with Gasteiger partial charge in [-0.05, 0) is 11.1 Å². The van der Waals surface area contributed by atoms with Gasteiger partial charge in [-0.2, -0.15) is 0 Å². The average molecular weight is 312 g/mol. The molecule has 0 spiro atoms. The van der Waals surface area contributed by atoms with Crippen molar-refractivity contribution in [3.8, 4) is 0 Å². The maximum absolute atomic E-state index is 10.6. The van der Waals surface area contributed by atoms with Gasteiger partial charge in [0, 0.05) is 12.5 Å². The molecule has 120 valence electrons. The van der Waals surface area contributed by atoms with E-state index in [9.17, 15) is 4.79 Å². The molecule has 0 bridgehead atoms. The fourth-order valence-corrected chi connectivity index (χ4v) is 1.99. The molecule has 0 fully saturated rings. The number of carboxylic acid groups (broad SMARTS) is 1. The number of benzene rings is 2. The van der Waals surface area contributed by atoms with Gasteiger partial charge in [-0.25, -0.2) is 4.79 Å². The minimum absolute atomic E-state index is 0.381. The van der Waals surface area contributed by atoms with Gasteiger partial charge in [0.25, 0.3) is 0 Å². The van der Waals surface area contributed by atoms with E-state index >= 15 is 0 Å². The van der Waals surface area contributed by atoms with Crippen molar-refractivity contribution in [2.75, 3.05) is 0 Å². The molecule has 4 nitrogen and oxygen atoms in total. The second-order valence-electron chi connectivity index (χ2n) is 5.00. The Bertz CT molecular complexity index is 564. The lowest BCUT2D eigenvalue weighted by molar-refractivity contribution is -0.154. The quantitative estimate of drug-likeness (QED) is 0.565. The van der Waals surface area contributed by atoms with Crippen LogP contribution in [-0.4, -0.2) is 17.4 Å². The van der Waals surface area contributed by atoms with Gasteiger partial charge in [-0.15, -0.1) is 0 Å². The first-order chi connectivity index (χ1) is 11.2. The molecule has 2 rings (SSSR count). The lowest BCUT2D eigenvalue weighted by Crippen LogP contribution is -2.16. The standard InChI is InChI=1S/C19H20O4/c20-18(21)12-7-13-19(22-14-16-8-3-1-4-9-16)23-15-17-10-5-2-6-11-17/h1-12,19H,13-15H2,(H,20,21). The van der Waals surface area contributed by atoms with E-state index in [1.54, 1.807) is 6.08 Å². The highest BCUT2D eigenvalue weighted by Crippen LogP contribution is 2.11. The summed E-state index contributed by atoms with van der Waals surface area (Å²) in [4.78, 5) is 10.6. The van der Waals surface area contributed by atoms with Crippen molar-refractivity contribution in [2.45, 2.75) is 25.9 Å². The van der Waals surface area contributed by atoms with E-state index in [1.165, 1.54) is 0 Å². The first kappa shape index (κ1) is 16.9. The summed E-state index contributed by atoms with van der Waals surface area (Å²) in [6.45, 7) is 0.836. The van der Waals surface area contributed by atoms with E-state index in [-0.39, 0.29) is 0 Å². The molecule has 23 heavy (non-hydrogen) atoms. The summed E-state index contributed by atoms with van der Waals surface area (Å²) in [7, 11) is 0. The van der Waals surface area contributed by atoms with E-state index in [4.69, 9.17) is 14.6 Å². The summed E-state index contributed by atoms with van der Waals surface area (Å²) < 4.78 is 11.5. The zero-order chi connectivity index (χ0) is 16.3. The Labute approximate surface area is 136 Å². The predicted molar refractivity (Wildman–Crippen MR) is 87.6 cm³/mol. The van der Waals surface area contributed by atoms with Crippen molar-refractivity contribution < 1.29 is 19.4 Å². The molecule has 0 aliphatic heterocycles. The van der Waals surface area contributed by atoms with Gasteiger partial charge in [0.05, 0.1) is 13.2 Å². The molecule has 0 aromatic heterocycles. The Balaban J connectivity index is 1.89. The largest absolute Gasteiger partial charge is 0.478 e. The van der Waals surface area contributed by atoms with Gasteiger partial charge in [-0.1, -0.05) is 66.7 Å². The van der Waals surface area contributed by atoms with Gasteiger partial charge in [0.2, 0.25) is 0 Å². The number of hydrogen-bond donors (Lipinski definition) is 1. The summed E-state index contributed by atoms with van der Waals surface area (Å²) >= 11 is 0. The van der Waals surface area contributed by atoms with Crippen molar-refractivity contribution in [2.24, 2.45) is 0 Å². The first-order valence-electron chi connectivity index (χ1n) is 7.44. The van der Waals surface area contributed by atoms with Crippen LogP contribution >= 0.6 is 0 Å². The highest BCUT2D eigenvalue weighted by molar-refractivity contribution is 5.79. The maximum Gasteiger partial charge on any atom is 0.327 e. The van der Waals surface area contributed by atoms with Gasteiger partial charge in [0.1, 0.15) is 0 Å². The molecule has 0 heterocycles. The Hall–Kier alpha value is -2.43. The number of ether oxygens (including phenoxy) is 2. The fraction of sp³-hybridized carbons (Fsp3) is 0.211. The first-order valence-corrected chi connectivity index (χ1v) is 7.44. The van der Waals surface area contributed by atoms with E-state index in [0.717, 1.165) is 17.2 Å². The Morgan fingerprint density at radius 3 is 1.83 bits per heavy atom. The lowest BCUT2D eigenvalue weighted by atomic mass is 10.2. The van der Waals surface area contributed by atoms with Gasteiger partial charge >= 0.3 is 5.97 Å². The van der Waals surface area contributed by atoms with Crippen molar-refractivity contribution in [1.29, 1.82) is 0 Å². The molecular formula is C19H20O4. The summed E-state index contributed by atoms with van der Waals surface area (Å²) in [5, 5.41) is 8.67. The van der Waals surface area contributed by atoms with E-state index in [2.05, 4.69) is 0 Å². The molecule has 2 aromatic carbocycles. The minimum Gasteiger partial charge on any atom is -0.478 e. The second kappa shape index (κ2) is 9.56. The van der Waals surface area contributed by atoms with Crippen LogP contribution in [0.15, 0.2) is 72.8 Å². The summed E-state index contributed by atoms with van der Waals surface area (Å²) in [5.41, 5.74) is 2.09. The van der Waals surface area contributed by atoms with Crippen molar-refractivity contribution in [3.63, 3.8) is 0 Å². The molecule has 1 N–H and O–H groups in total. The highest BCUT2D eigenvalue weighted by atomic mass is 16.7. The molecule has 4 heteroatoms. The molecule has 0 saturated carbocycles. The summed E-state index contributed by atoms with van der Waals surface area (Å²) in [6, 6.07) is 19.6. The molecule has 0 atom stereocenters. The van der Waals surface area contributed by atoms with Gasteiger partial charge in [0.15, 0.2) is 6.29 Å². The van der Waals surface area contributed by atoms with Crippen LogP contribution in [0.2, 0.25) is 0 Å². The smallest absolute Gasteiger partial charge is 0.327 e. The Kier molecular flexibility index (Phi) is 7.04. The maximum atomic E-state index is 10.6. The molecule has 0 saturated heterocycles. The van der Waals surface area contributed by atoms with Gasteiger partial charge in [-0.3, -0.25) is 0 Å². The van der Waals surface area contributed by atoms with Crippen molar-refractivity contribution in [3.05, 3.63) is 83.9 Å². The molecule has 0 aliphatic rings. The normalized spacial score (nSPS) is 11.2. The van der Waals surface area contributed by atoms with Crippen LogP contribution in [0.25, 0.3) is 0 Å². The third-order valence-electron chi connectivity index (χ3n) is 3.15. The number of carbonyl (C=O) groups is 1. The zero-order valence-corrected chi connectivity index (χ0v) is 12.8. The van der Waals surface area contributed by atoms with Crippen molar-refractivity contribution >= 4 is 5.97 Å². The molecule has 0 amide bonds. The van der Waals surface area contributed by atoms with Crippen LogP contribution in [0.3, 0.4) is 0 Å². The molecular weight excluding hydrogens is 292 g/mol. The Morgan fingerprint density at radius 1 is 0.913 bits per heavy atom. The van der Waals surface area contributed by atoms with Crippen LogP contribution < -0.4 is 0 Å². The average Bonchev–Trinajstić information content (AvgIpc) is 2.58. The van der Waals surface area contributed by atoms with Crippen LogP contribution in [-0.2, 0) is 27.5 Å². The van der Waals surface area contributed by atoms with Gasteiger partial charge < -0.3 is 14.6 Å². The number of rotatable bonds is 9. The SMILES string of the molecule is O=C(O)C=CCC(OCc1ccccc1)OCc1ccccc1. The van der Waals surface area contributed by atoms with Crippen LogP contribution in [0.4, 0.5) is 0 Å². The van der Waals surface area contributed by atoms with E-state index in [1.807, 2.05) is 60.7 Å². The van der Waals surface area contributed by atoms with Crippen LogP contribution in [0.1, 0.15) is 17.5 Å². The molecule has 0 radical (unpaired) electrons. The topological polar surface area (TPSA) is 55.8 Å². The molecule has 0 aliphatic carbocycles. The fourth-order valence-electron chi connectivity index (χ4n) is 1.99. The monoisotopic (exact) mass is 312 g/mol. The zero-order valence-electron chi connectivity index (χ0n) is 12.8. The number of carboxylic acids is 1. The highest BCUT2D eigenvalue weighted by Gasteiger charge is 2.09. The third kappa shape index (κ3) is 6.91. The lowest BCUT2D eigenvalue weighted by Gasteiger charge is -2.17. The van der Waals surface area contributed by atoms with E-state index < -0.39 is 12.3 Å². The molecule has 0 unspecified atom stereocenters. The van der Waals surface area contributed by atoms with Crippen molar-refractivity contribution in [1.82, 2.24) is 0 Å². The third-order valence-corrected chi connectivity index (χ3v) is 3.15. The minimum atomic E-state index is -0.977. The summed E-state index contributed by atoms with van der Waals surface area (Å²) in [5.74, 6) is -0.977. The number of hydrogen-bond acceptors (Lipinski definition) is 3. The Morgan fingerprint density at radius 2 is 1.39 bits per heavy atom. The summed E-state index contributed by atoms with van der Waals surface area (Å²) in [6.07, 6.45) is 2.53. The second-order valence-corrected chi connectivity index (χ2v) is 5.00. The van der Waals surface area contributed by atoms with Crippen LogP contribution in [0.5, 0.6) is 0 Å². The predicted octanol–water partition coefficient (Wildman–Crippen LogP) is 3.78. The van der Waals surface area contributed by atoms with E-state index in [0.29, 0.717) is 19.6 Å². The number of aliphatic carboxylic acids is 1. The van der Waals surface area contributed by atoms with Crippen LogP contribution in [0, 0.1) is 0 Å².